The van der Waals surface area contributed by atoms with Gasteiger partial charge in [0.25, 0.3) is 5.91 Å². The van der Waals surface area contributed by atoms with E-state index in [0.29, 0.717) is 22.6 Å². The van der Waals surface area contributed by atoms with Gasteiger partial charge in [-0.05, 0) is 54.1 Å². The van der Waals surface area contributed by atoms with Crippen LogP contribution in [0.25, 0.3) is 0 Å². The molecule has 3 rings (SSSR count). The Morgan fingerprint density at radius 1 is 0.900 bits per heavy atom. The molecule has 0 aliphatic rings. The van der Waals surface area contributed by atoms with Crippen LogP contribution in [-0.4, -0.2) is 20.9 Å². The van der Waals surface area contributed by atoms with Gasteiger partial charge in [0.05, 0.1) is 5.75 Å². The van der Waals surface area contributed by atoms with E-state index in [-0.39, 0.29) is 18.2 Å². The molecule has 0 unspecified atom stereocenters. The fraction of sp³-hybridized carbons (Fsp3) is 0.0870. The molecule has 0 saturated carbocycles. The van der Waals surface area contributed by atoms with Gasteiger partial charge < -0.3 is 10.1 Å². The molecule has 0 heterocycles. The van der Waals surface area contributed by atoms with Gasteiger partial charge in [-0.3, -0.25) is 4.79 Å². The number of sulfonamides is 1. The van der Waals surface area contributed by atoms with E-state index in [9.17, 15) is 13.2 Å². The highest BCUT2D eigenvalue weighted by molar-refractivity contribution is 7.88. The van der Waals surface area contributed by atoms with Crippen molar-refractivity contribution in [2.45, 2.75) is 5.75 Å². The normalized spacial score (nSPS) is 10.9. The second kappa shape index (κ2) is 9.87. The molecular formula is C23H22N2O4S. The van der Waals surface area contributed by atoms with Crippen LogP contribution in [0.5, 0.6) is 11.5 Å². The van der Waals surface area contributed by atoms with Crippen molar-refractivity contribution in [3.05, 3.63) is 103 Å². The Labute approximate surface area is 176 Å². The van der Waals surface area contributed by atoms with Crippen LogP contribution < -0.4 is 14.8 Å². The summed E-state index contributed by atoms with van der Waals surface area (Å²) in [5.41, 5.74) is 1.67. The quantitative estimate of drug-likeness (QED) is 0.503. The fourth-order valence-corrected chi connectivity index (χ4v) is 3.75. The van der Waals surface area contributed by atoms with Crippen LogP contribution in [0.15, 0.2) is 91.5 Å². The van der Waals surface area contributed by atoms with Gasteiger partial charge in [0.15, 0.2) is 0 Å². The van der Waals surface area contributed by atoms with Crippen LogP contribution in [0.4, 0.5) is 5.69 Å². The zero-order chi connectivity index (χ0) is 21.4. The molecule has 0 radical (unpaired) electrons. The third-order valence-electron chi connectivity index (χ3n) is 4.11. The number of carbonyl (C=O) groups is 1. The zero-order valence-corrected chi connectivity index (χ0v) is 17.1. The summed E-state index contributed by atoms with van der Waals surface area (Å²) in [6.07, 6.45) is 1.48. The molecule has 0 bridgehead atoms. The largest absolute Gasteiger partial charge is 0.457 e. The topological polar surface area (TPSA) is 84.5 Å². The van der Waals surface area contributed by atoms with E-state index in [1.54, 1.807) is 48.5 Å². The Morgan fingerprint density at radius 3 is 2.17 bits per heavy atom. The van der Waals surface area contributed by atoms with Crippen LogP contribution in [0, 0.1) is 0 Å². The average Bonchev–Trinajstić information content (AvgIpc) is 2.75. The minimum atomic E-state index is -3.42. The first-order valence-electron chi connectivity index (χ1n) is 9.27. The molecule has 0 atom stereocenters. The SMILES string of the molecule is C=CCNS(=O)(=O)Cc1ccc(NC(=O)c2ccc(Oc3ccccc3)cc2)cc1. The van der Waals surface area contributed by atoms with Crippen molar-refractivity contribution in [2.24, 2.45) is 0 Å². The number of nitrogens with one attached hydrogen (secondary N) is 2. The molecule has 0 fully saturated rings. The Balaban J connectivity index is 1.58. The minimum Gasteiger partial charge on any atom is -0.457 e. The van der Waals surface area contributed by atoms with Gasteiger partial charge in [0.2, 0.25) is 10.0 Å². The number of carbonyl (C=O) groups excluding carboxylic acids is 1. The molecule has 0 saturated heterocycles. The molecule has 3 aromatic carbocycles. The smallest absolute Gasteiger partial charge is 0.255 e. The Morgan fingerprint density at radius 2 is 1.53 bits per heavy atom. The maximum absolute atomic E-state index is 12.4. The number of benzene rings is 3. The number of amides is 1. The van der Waals surface area contributed by atoms with Gasteiger partial charge in [0.1, 0.15) is 11.5 Å². The lowest BCUT2D eigenvalue weighted by atomic mass is 10.2. The molecule has 1 amide bonds. The van der Waals surface area contributed by atoms with Crippen LogP contribution in [0.3, 0.4) is 0 Å². The van der Waals surface area contributed by atoms with Crippen molar-refractivity contribution >= 4 is 21.6 Å². The highest BCUT2D eigenvalue weighted by Gasteiger charge is 2.11. The Bertz CT molecular complexity index is 1090. The van der Waals surface area contributed by atoms with Gasteiger partial charge in [0, 0.05) is 17.8 Å². The van der Waals surface area contributed by atoms with Gasteiger partial charge in [-0.2, -0.15) is 0 Å². The summed E-state index contributed by atoms with van der Waals surface area (Å²) in [4.78, 5) is 12.4. The molecule has 30 heavy (non-hydrogen) atoms. The van der Waals surface area contributed by atoms with E-state index in [1.807, 2.05) is 30.3 Å². The molecule has 154 valence electrons. The molecule has 0 aromatic heterocycles. The third kappa shape index (κ3) is 6.30. The Kier molecular flexibility index (Phi) is 7.00. The number of anilines is 1. The lowest BCUT2D eigenvalue weighted by Crippen LogP contribution is -2.25. The summed E-state index contributed by atoms with van der Waals surface area (Å²) < 4.78 is 32.0. The number of para-hydroxylation sites is 1. The Hall–Kier alpha value is -3.42. The summed E-state index contributed by atoms with van der Waals surface area (Å²) in [6.45, 7) is 3.67. The fourth-order valence-electron chi connectivity index (χ4n) is 2.64. The van der Waals surface area contributed by atoms with E-state index in [2.05, 4.69) is 16.6 Å². The maximum atomic E-state index is 12.4. The van der Waals surface area contributed by atoms with Crippen LogP contribution >= 0.6 is 0 Å². The third-order valence-corrected chi connectivity index (χ3v) is 5.43. The molecule has 2 N–H and O–H groups in total. The van der Waals surface area contributed by atoms with Crippen molar-refractivity contribution in [2.75, 3.05) is 11.9 Å². The molecule has 0 spiro atoms. The summed E-state index contributed by atoms with van der Waals surface area (Å²) >= 11 is 0. The van der Waals surface area contributed by atoms with Crippen LogP contribution in [-0.2, 0) is 15.8 Å². The van der Waals surface area contributed by atoms with Gasteiger partial charge in [-0.1, -0.05) is 36.4 Å². The second-order valence-electron chi connectivity index (χ2n) is 6.49. The highest BCUT2D eigenvalue weighted by atomic mass is 32.2. The van der Waals surface area contributed by atoms with E-state index >= 15 is 0 Å². The molecular weight excluding hydrogens is 400 g/mol. The standard InChI is InChI=1S/C23H22N2O4S/c1-2-16-24-30(27,28)17-18-8-12-20(13-9-18)25-23(26)19-10-14-22(15-11-19)29-21-6-4-3-5-7-21/h2-15,24H,1,16-17H2,(H,25,26). The predicted molar refractivity (Wildman–Crippen MR) is 118 cm³/mol. The van der Waals surface area contributed by atoms with Gasteiger partial charge in [-0.15, -0.1) is 6.58 Å². The number of hydrogen-bond donors (Lipinski definition) is 2. The van der Waals surface area contributed by atoms with Gasteiger partial charge >= 0.3 is 0 Å². The first-order chi connectivity index (χ1) is 14.4. The lowest BCUT2D eigenvalue weighted by Gasteiger charge is -2.09. The number of hydrogen-bond acceptors (Lipinski definition) is 4. The van der Waals surface area contributed by atoms with E-state index in [4.69, 9.17) is 4.74 Å². The first-order valence-corrected chi connectivity index (χ1v) is 10.9. The average molecular weight is 423 g/mol. The van der Waals surface area contributed by atoms with Gasteiger partial charge in [-0.25, -0.2) is 13.1 Å². The van der Waals surface area contributed by atoms with Crippen molar-refractivity contribution in [1.82, 2.24) is 4.72 Å². The molecule has 6 nitrogen and oxygen atoms in total. The second-order valence-corrected chi connectivity index (χ2v) is 8.29. The predicted octanol–water partition coefficient (Wildman–Crippen LogP) is 4.34. The zero-order valence-electron chi connectivity index (χ0n) is 16.2. The molecule has 7 heteroatoms. The van der Waals surface area contributed by atoms with Crippen LogP contribution in [0.1, 0.15) is 15.9 Å². The molecule has 3 aromatic rings. The molecule has 0 aliphatic heterocycles. The summed E-state index contributed by atoms with van der Waals surface area (Å²) in [7, 11) is -3.42. The number of ether oxygens (including phenoxy) is 1. The van der Waals surface area contributed by atoms with Crippen molar-refractivity contribution in [3.8, 4) is 11.5 Å². The first kappa shape index (κ1) is 21.3. The summed E-state index contributed by atoms with van der Waals surface area (Å²) in [5.74, 6) is 0.942. The van der Waals surface area contributed by atoms with Crippen molar-refractivity contribution < 1.29 is 17.9 Å². The van der Waals surface area contributed by atoms with E-state index in [1.165, 1.54) is 6.08 Å². The van der Waals surface area contributed by atoms with E-state index in [0.717, 1.165) is 5.75 Å². The summed E-state index contributed by atoms with van der Waals surface area (Å²) in [5, 5.41) is 2.79. The maximum Gasteiger partial charge on any atom is 0.255 e. The van der Waals surface area contributed by atoms with E-state index < -0.39 is 10.0 Å². The van der Waals surface area contributed by atoms with Crippen molar-refractivity contribution in [3.63, 3.8) is 0 Å². The highest BCUT2D eigenvalue weighted by Crippen LogP contribution is 2.21. The monoisotopic (exact) mass is 422 g/mol. The number of rotatable bonds is 9. The van der Waals surface area contributed by atoms with Crippen molar-refractivity contribution in [1.29, 1.82) is 0 Å². The summed E-state index contributed by atoms with van der Waals surface area (Å²) in [6, 6.07) is 22.9. The molecule has 0 aliphatic carbocycles. The van der Waals surface area contributed by atoms with Crippen LogP contribution in [0.2, 0.25) is 0 Å². The lowest BCUT2D eigenvalue weighted by molar-refractivity contribution is 0.102. The minimum absolute atomic E-state index is 0.141.